The molecule has 0 aromatic heterocycles. The van der Waals surface area contributed by atoms with Crippen molar-refractivity contribution in [1.29, 1.82) is 0 Å². The number of anilines is 1. The lowest BCUT2D eigenvalue weighted by Crippen LogP contribution is -2.30. The minimum Gasteiger partial charge on any atom is -0.449 e. The van der Waals surface area contributed by atoms with Crippen molar-refractivity contribution in [1.82, 2.24) is 0 Å². The van der Waals surface area contributed by atoms with Gasteiger partial charge in [0.2, 0.25) is 0 Å². The Bertz CT molecular complexity index is 860. The molecule has 1 N–H and O–H groups in total. The Morgan fingerprint density at radius 1 is 1.08 bits per heavy atom. The van der Waals surface area contributed by atoms with Gasteiger partial charge in [-0.15, -0.1) is 0 Å². The van der Waals surface area contributed by atoms with Crippen LogP contribution in [0.1, 0.15) is 34.6 Å². The molecule has 8 heteroatoms. The molecule has 0 spiro atoms. The minimum atomic E-state index is -1.12. The highest BCUT2D eigenvalue weighted by molar-refractivity contribution is 5.98. The van der Waals surface area contributed by atoms with Crippen LogP contribution in [0.25, 0.3) is 0 Å². The van der Waals surface area contributed by atoms with E-state index in [1.54, 1.807) is 24.3 Å². The molecule has 8 nitrogen and oxygen atoms in total. The predicted octanol–water partition coefficient (Wildman–Crippen LogP) is 2.98. The first kappa shape index (κ1) is 18.8. The van der Waals surface area contributed by atoms with Crippen molar-refractivity contribution in [2.24, 2.45) is 0 Å². The Hall–Kier alpha value is -3.55. The van der Waals surface area contributed by atoms with Gasteiger partial charge in [0.25, 0.3) is 11.6 Å². The number of nitro benzene ring substituents is 1. The number of esters is 1. The van der Waals surface area contributed by atoms with Gasteiger partial charge in [-0.05, 0) is 44.2 Å². The van der Waals surface area contributed by atoms with Crippen LogP contribution in [0.4, 0.5) is 11.4 Å². The number of Topliss-reactive ketones (excluding diaryl/α,β-unsaturated/α-hetero) is 1. The fraction of sp³-hybridized carbons (Fsp3) is 0.167. The number of carbonyl (C=O) groups excluding carboxylic acids is 3. The molecule has 134 valence electrons. The second-order valence-corrected chi connectivity index (χ2v) is 5.48. The van der Waals surface area contributed by atoms with E-state index in [1.165, 1.54) is 32.0 Å². The van der Waals surface area contributed by atoms with Crippen LogP contribution in [0.5, 0.6) is 0 Å². The Morgan fingerprint density at radius 3 is 2.31 bits per heavy atom. The maximum atomic E-state index is 12.1. The number of rotatable bonds is 6. The number of non-ortho nitro benzene ring substituents is 1. The van der Waals surface area contributed by atoms with E-state index in [0.717, 1.165) is 6.07 Å². The van der Waals surface area contributed by atoms with E-state index >= 15 is 0 Å². The highest BCUT2D eigenvalue weighted by atomic mass is 16.6. The second-order valence-electron chi connectivity index (χ2n) is 5.48. The van der Waals surface area contributed by atoms with Gasteiger partial charge >= 0.3 is 5.97 Å². The summed E-state index contributed by atoms with van der Waals surface area (Å²) < 4.78 is 5.04. The van der Waals surface area contributed by atoms with Gasteiger partial charge in [0.1, 0.15) is 0 Å². The Labute approximate surface area is 148 Å². The molecular weight excluding hydrogens is 340 g/mol. The molecule has 1 atom stereocenters. The molecule has 0 radical (unpaired) electrons. The first-order valence-electron chi connectivity index (χ1n) is 7.65. The molecule has 1 amide bonds. The smallest absolute Gasteiger partial charge is 0.339 e. The van der Waals surface area contributed by atoms with Gasteiger partial charge in [0.05, 0.1) is 10.5 Å². The number of nitrogens with zero attached hydrogens (tertiary/aromatic N) is 1. The maximum absolute atomic E-state index is 12.1. The van der Waals surface area contributed by atoms with Crippen molar-refractivity contribution >= 4 is 29.0 Å². The molecule has 0 saturated carbocycles. The zero-order chi connectivity index (χ0) is 19.3. The van der Waals surface area contributed by atoms with Crippen LogP contribution >= 0.6 is 0 Å². The molecule has 0 aliphatic carbocycles. The van der Waals surface area contributed by atoms with Crippen molar-refractivity contribution in [2.75, 3.05) is 5.32 Å². The Morgan fingerprint density at radius 2 is 1.73 bits per heavy atom. The minimum absolute atomic E-state index is 0.0235. The van der Waals surface area contributed by atoms with Crippen LogP contribution in [0, 0.1) is 10.1 Å². The molecule has 0 fully saturated rings. The van der Waals surface area contributed by atoms with E-state index in [0.29, 0.717) is 11.3 Å². The van der Waals surface area contributed by atoms with Gasteiger partial charge in [-0.25, -0.2) is 4.79 Å². The van der Waals surface area contributed by atoms with Gasteiger partial charge in [0, 0.05) is 23.4 Å². The van der Waals surface area contributed by atoms with Crippen LogP contribution in [-0.4, -0.2) is 28.7 Å². The number of nitro groups is 1. The van der Waals surface area contributed by atoms with Crippen molar-refractivity contribution in [3.05, 3.63) is 69.8 Å². The molecule has 2 rings (SSSR count). The number of hydrogen-bond donors (Lipinski definition) is 1. The summed E-state index contributed by atoms with van der Waals surface area (Å²) in [4.78, 5) is 45.5. The predicted molar refractivity (Wildman–Crippen MR) is 93.1 cm³/mol. The summed E-state index contributed by atoms with van der Waals surface area (Å²) in [6.07, 6.45) is -1.12. The van der Waals surface area contributed by atoms with Crippen molar-refractivity contribution in [3.63, 3.8) is 0 Å². The first-order valence-corrected chi connectivity index (χ1v) is 7.65. The average Bonchev–Trinajstić information content (AvgIpc) is 2.62. The maximum Gasteiger partial charge on any atom is 0.339 e. The average molecular weight is 356 g/mol. The highest BCUT2D eigenvalue weighted by Crippen LogP contribution is 2.15. The molecule has 0 saturated heterocycles. The van der Waals surface area contributed by atoms with Gasteiger partial charge in [0.15, 0.2) is 11.9 Å². The summed E-state index contributed by atoms with van der Waals surface area (Å²) in [5.74, 6) is -1.51. The van der Waals surface area contributed by atoms with Gasteiger partial charge in [-0.1, -0.05) is 6.07 Å². The molecule has 0 heterocycles. The topological polar surface area (TPSA) is 116 Å². The van der Waals surface area contributed by atoms with E-state index in [1.807, 2.05) is 0 Å². The highest BCUT2D eigenvalue weighted by Gasteiger charge is 2.20. The zero-order valence-corrected chi connectivity index (χ0v) is 14.1. The van der Waals surface area contributed by atoms with E-state index in [-0.39, 0.29) is 17.0 Å². The molecule has 0 aliphatic rings. The lowest BCUT2D eigenvalue weighted by molar-refractivity contribution is -0.384. The lowest BCUT2D eigenvalue weighted by atomic mass is 10.1. The number of hydrogen-bond acceptors (Lipinski definition) is 6. The van der Waals surface area contributed by atoms with Gasteiger partial charge < -0.3 is 10.1 Å². The van der Waals surface area contributed by atoms with E-state index in [2.05, 4.69) is 5.32 Å². The molecular formula is C18H16N2O6. The molecule has 26 heavy (non-hydrogen) atoms. The van der Waals surface area contributed by atoms with Gasteiger partial charge in [-0.3, -0.25) is 19.7 Å². The van der Waals surface area contributed by atoms with Crippen LogP contribution in [0.15, 0.2) is 48.5 Å². The second kappa shape index (κ2) is 8.02. The molecule has 0 aliphatic heterocycles. The number of ketones is 1. The third kappa shape index (κ3) is 4.73. The summed E-state index contributed by atoms with van der Waals surface area (Å²) >= 11 is 0. The SMILES string of the molecule is CC(=O)c1ccc(NC(=O)C(C)OC(=O)c2cccc([N+](=O)[O-])c2)cc1. The standard InChI is InChI=1S/C18H16N2O6/c1-11(21)13-6-8-15(9-7-13)19-17(22)12(2)26-18(23)14-4-3-5-16(10-14)20(24)25/h3-10,12H,1-2H3,(H,19,22). The number of nitrogens with one attached hydrogen (secondary N) is 1. The number of carbonyl (C=O) groups is 3. The third-order valence-electron chi connectivity index (χ3n) is 3.50. The summed E-state index contributed by atoms with van der Waals surface area (Å²) in [6.45, 7) is 2.82. The summed E-state index contributed by atoms with van der Waals surface area (Å²) in [5.41, 5.74) is 0.679. The summed E-state index contributed by atoms with van der Waals surface area (Å²) in [5, 5.41) is 13.3. The largest absolute Gasteiger partial charge is 0.449 e. The van der Waals surface area contributed by atoms with Crippen LogP contribution in [0.3, 0.4) is 0 Å². The number of amides is 1. The number of benzene rings is 2. The molecule has 1 unspecified atom stereocenters. The zero-order valence-electron chi connectivity index (χ0n) is 14.1. The van der Waals surface area contributed by atoms with Gasteiger partial charge in [-0.2, -0.15) is 0 Å². The van der Waals surface area contributed by atoms with Crippen LogP contribution < -0.4 is 5.32 Å². The molecule has 2 aromatic carbocycles. The lowest BCUT2D eigenvalue weighted by Gasteiger charge is -2.13. The molecule has 2 aromatic rings. The normalized spacial score (nSPS) is 11.3. The first-order chi connectivity index (χ1) is 12.3. The fourth-order valence-electron chi connectivity index (χ4n) is 2.06. The van der Waals surface area contributed by atoms with Crippen molar-refractivity contribution < 1.29 is 24.0 Å². The van der Waals surface area contributed by atoms with Crippen molar-refractivity contribution in [2.45, 2.75) is 20.0 Å². The third-order valence-corrected chi connectivity index (χ3v) is 3.50. The number of ether oxygens (including phenoxy) is 1. The van der Waals surface area contributed by atoms with E-state index < -0.39 is 22.9 Å². The van der Waals surface area contributed by atoms with E-state index in [9.17, 15) is 24.5 Å². The van der Waals surface area contributed by atoms with E-state index in [4.69, 9.17) is 4.74 Å². The monoisotopic (exact) mass is 356 g/mol. The van der Waals surface area contributed by atoms with Crippen LogP contribution in [0.2, 0.25) is 0 Å². The summed E-state index contributed by atoms with van der Waals surface area (Å²) in [6, 6.07) is 11.3. The Kier molecular flexibility index (Phi) is 5.79. The Balaban J connectivity index is 1.99. The van der Waals surface area contributed by atoms with Crippen molar-refractivity contribution in [3.8, 4) is 0 Å². The fourth-order valence-corrected chi connectivity index (χ4v) is 2.06. The quantitative estimate of drug-likeness (QED) is 0.368. The summed E-state index contributed by atoms with van der Waals surface area (Å²) in [7, 11) is 0. The molecule has 0 bridgehead atoms. The van der Waals surface area contributed by atoms with Crippen LogP contribution in [-0.2, 0) is 9.53 Å².